The smallest absolute Gasteiger partial charge is 0.351 e. The fourth-order valence-corrected chi connectivity index (χ4v) is 2.14. The quantitative estimate of drug-likeness (QED) is 0.542. The highest BCUT2D eigenvalue weighted by Crippen LogP contribution is 2.25. The van der Waals surface area contributed by atoms with Crippen molar-refractivity contribution in [2.24, 2.45) is 0 Å². The predicted molar refractivity (Wildman–Crippen MR) is 85.0 cm³/mol. The number of carbonyl (C=O) groups excluding carboxylic acids is 1. The van der Waals surface area contributed by atoms with Gasteiger partial charge in [0.05, 0.1) is 6.61 Å². The van der Waals surface area contributed by atoms with E-state index in [0.717, 1.165) is 0 Å². The third-order valence-corrected chi connectivity index (χ3v) is 3.18. The summed E-state index contributed by atoms with van der Waals surface area (Å²) >= 11 is 0. The summed E-state index contributed by atoms with van der Waals surface area (Å²) in [5, 5.41) is 0.584. The van der Waals surface area contributed by atoms with Gasteiger partial charge in [0.15, 0.2) is 0 Å². The van der Waals surface area contributed by atoms with Crippen molar-refractivity contribution in [3.63, 3.8) is 0 Å². The minimum Gasteiger partial charge on any atom is -0.462 e. The van der Waals surface area contributed by atoms with Crippen molar-refractivity contribution in [2.45, 2.75) is 6.92 Å². The molecule has 1 heterocycles. The molecule has 0 aliphatic heterocycles. The number of rotatable bonds is 4. The highest BCUT2D eigenvalue weighted by Gasteiger charge is 2.15. The van der Waals surface area contributed by atoms with Crippen LogP contribution in [0, 0.1) is 0 Å². The van der Waals surface area contributed by atoms with Crippen LogP contribution in [0.25, 0.3) is 11.0 Å². The molecule has 0 amide bonds. The second-order valence-corrected chi connectivity index (χ2v) is 4.78. The molecule has 0 radical (unpaired) electrons. The van der Waals surface area contributed by atoms with Crippen LogP contribution in [-0.4, -0.2) is 12.6 Å². The molecule has 23 heavy (non-hydrogen) atoms. The van der Waals surface area contributed by atoms with Crippen molar-refractivity contribution >= 4 is 16.9 Å². The van der Waals surface area contributed by atoms with Crippen molar-refractivity contribution in [2.75, 3.05) is 6.61 Å². The minimum atomic E-state index is -0.715. The van der Waals surface area contributed by atoms with Crippen molar-refractivity contribution in [1.29, 1.82) is 0 Å². The molecule has 3 rings (SSSR count). The average molecular weight is 310 g/mol. The van der Waals surface area contributed by atoms with E-state index < -0.39 is 11.6 Å². The molecular weight excluding hydrogens is 296 g/mol. The van der Waals surface area contributed by atoms with Gasteiger partial charge in [-0.2, -0.15) is 0 Å². The number of hydrogen-bond acceptors (Lipinski definition) is 5. The highest BCUT2D eigenvalue weighted by atomic mass is 16.5. The minimum absolute atomic E-state index is 0.129. The lowest BCUT2D eigenvalue weighted by Crippen LogP contribution is -2.16. The Morgan fingerprint density at radius 2 is 1.83 bits per heavy atom. The number of carbonyl (C=O) groups is 1. The molecule has 0 aliphatic rings. The van der Waals surface area contributed by atoms with Crippen molar-refractivity contribution in [3.8, 4) is 11.5 Å². The first kappa shape index (κ1) is 14.8. The maximum atomic E-state index is 11.8. The summed E-state index contributed by atoms with van der Waals surface area (Å²) in [6, 6.07) is 15.8. The van der Waals surface area contributed by atoms with Gasteiger partial charge in [-0.1, -0.05) is 18.2 Å². The topological polar surface area (TPSA) is 65.7 Å². The molecule has 0 unspecified atom stereocenters. The van der Waals surface area contributed by atoms with E-state index in [2.05, 4.69) is 0 Å². The number of esters is 1. The summed E-state index contributed by atoms with van der Waals surface area (Å²) in [4.78, 5) is 23.6. The Morgan fingerprint density at radius 3 is 2.57 bits per heavy atom. The number of para-hydroxylation sites is 1. The summed E-state index contributed by atoms with van der Waals surface area (Å²) in [6.45, 7) is 1.86. The van der Waals surface area contributed by atoms with Gasteiger partial charge in [-0.15, -0.1) is 0 Å². The molecule has 0 aliphatic carbocycles. The van der Waals surface area contributed by atoms with Gasteiger partial charge < -0.3 is 13.9 Å². The van der Waals surface area contributed by atoms with E-state index >= 15 is 0 Å². The van der Waals surface area contributed by atoms with Gasteiger partial charge in [0, 0.05) is 5.39 Å². The van der Waals surface area contributed by atoms with Crippen LogP contribution in [0.3, 0.4) is 0 Å². The van der Waals surface area contributed by atoms with Gasteiger partial charge in [-0.25, -0.2) is 9.59 Å². The molecule has 0 saturated heterocycles. The van der Waals surface area contributed by atoms with Crippen LogP contribution >= 0.6 is 0 Å². The lowest BCUT2D eigenvalue weighted by molar-refractivity contribution is 0.0522. The van der Waals surface area contributed by atoms with E-state index in [1.165, 1.54) is 6.07 Å². The highest BCUT2D eigenvalue weighted by molar-refractivity contribution is 5.93. The van der Waals surface area contributed by atoms with Crippen molar-refractivity contribution in [1.82, 2.24) is 0 Å². The van der Waals surface area contributed by atoms with E-state index in [0.29, 0.717) is 22.5 Å². The fraction of sp³-hybridized carbons (Fsp3) is 0.111. The van der Waals surface area contributed by atoms with Gasteiger partial charge in [0.2, 0.25) is 0 Å². The molecule has 0 spiro atoms. The zero-order chi connectivity index (χ0) is 16.2. The van der Waals surface area contributed by atoms with Gasteiger partial charge >= 0.3 is 11.6 Å². The first-order valence-electron chi connectivity index (χ1n) is 7.15. The lowest BCUT2D eigenvalue weighted by atomic mass is 10.2. The summed E-state index contributed by atoms with van der Waals surface area (Å²) < 4.78 is 15.7. The van der Waals surface area contributed by atoms with Crippen LogP contribution in [0.1, 0.15) is 17.3 Å². The Hall–Kier alpha value is -3.08. The lowest BCUT2D eigenvalue weighted by Gasteiger charge is -2.07. The maximum Gasteiger partial charge on any atom is 0.351 e. The zero-order valence-corrected chi connectivity index (χ0v) is 12.4. The Labute approximate surface area is 132 Å². The molecule has 0 saturated carbocycles. The molecule has 116 valence electrons. The van der Waals surface area contributed by atoms with E-state index in [-0.39, 0.29) is 12.2 Å². The predicted octanol–water partition coefficient (Wildman–Crippen LogP) is 3.76. The molecule has 5 heteroatoms. The molecule has 0 bridgehead atoms. The third kappa shape index (κ3) is 3.23. The second-order valence-electron chi connectivity index (χ2n) is 4.78. The first-order valence-corrected chi connectivity index (χ1v) is 7.15. The summed E-state index contributed by atoms with van der Waals surface area (Å²) in [6.07, 6.45) is 0. The van der Waals surface area contributed by atoms with Crippen LogP contribution in [0.2, 0.25) is 0 Å². The molecule has 5 nitrogen and oxygen atoms in total. The van der Waals surface area contributed by atoms with E-state index in [9.17, 15) is 9.59 Å². The molecule has 2 aromatic carbocycles. The Balaban J connectivity index is 1.99. The second kappa shape index (κ2) is 6.36. The molecule has 1 aromatic heterocycles. The zero-order valence-electron chi connectivity index (χ0n) is 12.4. The molecule has 0 fully saturated rings. The summed E-state index contributed by atoms with van der Waals surface area (Å²) in [5.41, 5.74) is -0.465. The SMILES string of the molecule is CCOC(=O)c1cc2cc(Oc3ccccc3)ccc2oc1=O. The normalized spacial score (nSPS) is 10.5. The standard InChI is InChI=1S/C18H14O5/c1-2-21-17(19)15-11-12-10-14(8-9-16(12)23-18(15)20)22-13-6-4-3-5-7-13/h3-11H,2H2,1H3. The third-order valence-electron chi connectivity index (χ3n) is 3.18. The molecule has 0 atom stereocenters. The van der Waals surface area contributed by atoms with Crippen molar-refractivity contribution < 1.29 is 18.7 Å². The maximum absolute atomic E-state index is 11.8. The van der Waals surface area contributed by atoms with E-state index in [1.54, 1.807) is 25.1 Å². The molecule has 0 N–H and O–H groups in total. The van der Waals surface area contributed by atoms with Crippen LogP contribution < -0.4 is 10.4 Å². The Morgan fingerprint density at radius 1 is 1.04 bits per heavy atom. The van der Waals surface area contributed by atoms with Crippen molar-refractivity contribution in [3.05, 3.63) is 70.6 Å². The van der Waals surface area contributed by atoms with Crippen LogP contribution in [0.15, 0.2) is 63.8 Å². The van der Waals surface area contributed by atoms with Crippen LogP contribution in [-0.2, 0) is 4.74 Å². The monoisotopic (exact) mass is 310 g/mol. The Kier molecular flexibility index (Phi) is 4.10. The van der Waals surface area contributed by atoms with Gasteiger partial charge in [0.1, 0.15) is 22.6 Å². The number of ether oxygens (including phenoxy) is 2. The number of hydrogen-bond donors (Lipinski definition) is 0. The largest absolute Gasteiger partial charge is 0.462 e. The number of benzene rings is 2. The van der Waals surface area contributed by atoms with Gasteiger partial charge in [0.25, 0.3) is 0 Å². The van der Waals surface area contributed by atoms with Gasteiger partial charge in [-0.3, -0.25) is 0 Å². The Bertz CT molecular complexity index is 896. The molecular formula is C18H14O5. The van der Waals surface area contributed by atoms with Crippen LogP contribution in [0.4, 0.5) is 0 Å². The summed E-state index contributed by atoms with van der Waals surface area (Å²) in [7, 11) is 0. The van der Waals surface area contributed by atoms with Crippen LogP contribution in [0.5, 0.6) is 11.5 Å². The summed E-state index contributed by atoms with van der Waals surface area (Å²) in [5.74, 6) is 0.569. The average Bonchev–Trinajstić information content (AvgIpc) is 2.55. The van der Waals surface area contributed by atoms with E-state index in [1.807, 2.05) is 30.3 Å². The van der Waals surface area contributed by atoms with E-state index in [4.69, 9.17) is 13.9 Å². The fourth-order valence-electron chi connectivity index (χ4n) is 2.14. The molecule has 3 aromatic rings. The van der Waals surface area contributed by atoms with Gasteiger partial charge in [-0.05, 0) is 43.3 Å². The number of fused-ring (bicyclic) bond motifs is 1. The first-order chi connectivity index (χ1) is 11.2.